The van der Waals surface area contributed by atoms with E-state index >= 15 is 0 Å². The van der Waals surface area contributed by atoms with Gasteiger partial charge in [-0.2, -0.15) is 13.2 Å². The van der Waals surface area contributed by atoms with Crippen molar-refractivity contribution in [2.24, 2.45) is 0 Å². The predicted octanol–water partition coefficient (Wildman–Crippen LogP) is 3.70. The Balaban J connectivity index is 0.00000242. The SMILES string of the molecule is Cl.O=C(NC(=O)c1ccc(C(F)(F)F)cc1)c1ccccc1. The minimum absolute atomic E-state index is 0. The fraction of sp³-hybridized carbons (Fsp3) is 0.0667. The molecule has 0 aromatic heterocycles. The lowest BCUT2D eigenvalue weighted by atomic mass is 10.1. The van der Waals surface area contributed by atoms with Gasteiger partial charge in [-0.05, 0) is 36.4 Å². The van der Waals surface area contributed by atoms with Gasteiger partial charge in [0.25, 0.3) is 11.8 Å². The van der Waals surface area contributed by atoms with Crippen LogP contribution in [0.2, 0.25) is 0 Å². The molecule has 0 radical (unpaired) electrons. The molecule has 2 rings (SSSR count). The lowest BCUT2D eigenvalue weighted by Crippen LogP contribution is -2.30. The molecule has 0 heterocycles. The van der Waals surface area contributed by atoms with Crippen LogP contribution in [0, 0.1) is 0 Å². The zero-order valence-corrected chi connectivity index (χ0v) is 11.9. The van der Waals surface area contributed by atoms with Crippen molar-refractivity contribution in [2.45, 2.75) is 6.18 Å². The molecule has 0 aliphatic rings. The van der Waals surface area contributed by atoms with Gasteiger partial charge in [0.05, 0.1) is 5.56 Å². The van der Waals surface area contributed by atoms with Crippen LogP contribution in [0.4, 0.5) is 13.2 Å². The molecule has 0 unspecified atom stereocenters. The van der Waals surface area contributed by atoms with Gasteiger partial charge < -0.3 is 0 Å². The summed E-state index contributed by atoms with van der Waals surface area (Å²) in [5, 5.41) is 2.11. The van der Waals surface area contributed by atoms with E-state index in [2.05, 4.69) is 5.32 Å². The number of amides is 2. The smallest absolute Gasteiger partial charge is 0.288 e. The second-order valence-corrected chi connectivity index (χ2v) is 4.22. The van der Waals surface area contributed by atoms with Gasteiger partial charge in [-0.1, -0.05) is 18.2 Å². The molecule has 2 aromatic rings. The van der Waals surface area contributed by atoms with Crippen molar-refractivity contribution in [2.75, 3.05) is 0 Å². The second kappa shape index (κ2) is 7.09. The Morgan fingerprint density at radius 3 is 1.68 bits per heavy atom. The molecule has 3 nitrogen and oxygen atoms in total. The van der Waals surface area contributed by atoms with Crippen molar-refractivity contribution in [1.82, 2.24) is 5.32 Å². The van der Waals surface area contributed by atoms with Crippen LogP contribution >= 0.6 is 12.4 Å². The highest BCUT2D eigenvalue weighted by atomic mass is 35.5. The fourth-order valence-corrected chi connectivity index (χ4v) is 1.65. The van der Waals surface area contributed by atoms with Crippen molar-refractivity contribution in [1.29, 1.82) is 0 Å². The lowest BCUT2D eigenvalue weighted by molar-refractivity contribution is -0.137. The molecule has 0 saturated heterocycles. The average molecular weight is 330 g/mol. The first kappa shape index (κ1) is 17.7. The van der Waals surface area contributed by atoms with Gasteiger partial charge in [0, 0.05) is 11.1 Å². The summed E-state index contributed by atoms with van der Waals surface area (Å²) in [6.07, 6.45) is -4.46. The van der Waals surface area contributed by atoms with Gasteiger partial charge in [0.15, 0.2) is 0 Å². The standard InChI is InChI=1S/C15H10F3NO2.ClH/c16-15(17,18)12-8-6-11(7-9-12)14(21)19-13(20)10-4-2-1-3-5-10;/h1-9H,(H,19,20,21);1H. The monoisotopic (exact) mass is 329 g/mol. The Bertz CT molecular complexity index is 655. The molecule has 0 bridgehead atoms. The third-order valence-corrected chi connectivity index (χ3v) is 2.74. The summed E-state index contributed by atoms with van der Waals surface area (Å²) in [5.74, 6) is -1.36. The van der Waals surface area contributed by atoms with E-state index < -0.39 is 23.6 Å². The van der Waals surface area contributed by atoms with Gasteiger partial charge in [-0.15, -0.1) is 12.4 Å². The van der Waals surface area contributed by atoms with Gasteiger partial charge in [-0.3, -0.25) is 14.9 Å². The molecule has 0 atom stereocenters. The van der Waals surface area contributed by atoms with Crippen molar-refractivity contribution >= 4 is 24.2 Å². The number of carbonyl (C=O) groups excluding carboxylic acids is 2. The summed E-state index contributed by atoms with van der Waals surface area (Å²) in [6.45, 7) is 0. The number of hydrogen-bond donors (Lipinski definition) is 1. The van der Waals surface area contributed by atoms with Crippen molar-refractivity contribution < 1.29 is 22.8 Å². The maximum absolute atomic E-state index is 12.4. The number of alkyl halides is 3. The van der Waals surface area contributed by atoms with Crippen LogP contribution in [-0.2, 0) is 6.18 Å². The van der Waals surface area contributed by atoms with Crippen molar-refractivity contribution in [3.05, 3.63) is 71.3 Å². The van der Waals surface area contributed by atoms with Crippen LogP contribution in [0.5, 0.6) is 0 Å². The molecule has 7 heteroatoms. The number of hydrogen-bond acceptors (Lipinski definition) is 2. The quantitative estimate of drug-likeness (QED) is 0.854. The molecule has 0 spiro atoms. The van der Waals surface area contributed by atoms with Crippen LogP contribution in [0.15, 0.2) is 54.6 Å². The number of carbonyl (C=O) groups is 2. The number of imide groups is 1. The number of nitrogens with one attached hydrogen (secondary N) is 1. The van der Waals surface area contributed by atoms with E-state index in [4.69, 9.17) is 0 Å². The molecular weight excluding hydrogens is 319 g/mol. The van der Waals surface area contributed by atoms with E-state index in [1.165, 1.54) is 12.1 Å². The maximum atomic E-state index is 12.4. The van der Waals surface area contributed by atoms with Crippen LogP contribution in [0.25, 0.3) is 0 Å². The summed E-state index contributed by atoms with van der Waals surface area (Å²) in [7, 11) is 0. The second-order valence-electron chi connectivity index (χ2n) is 4.22. The molecule has 22 heavy (non-hydrogen) atoms. The van der Waals surface area contributed by atoms with Gasteiger partial charge in [-0.25, -0.2) is 0 Å². The lowest BCUT2D eigenvalue weighted by Gasteiger charge is -2.08. The third kappa shape index (κ3) is 4.33. The summed E-state index contributed by atoms with van der Waals surface area (Å²) in [6, 6.07) is 11.7. The Morgan fingerprint density at radius 2 is 1.23 bits per heavy atom. The highest BCUT2D eigenvalue weighted by molar-refractivity contribution is 6.10. The van der Waals surface area contributed by atoms with E-state index in [9.17, 15) is 22.8 Å². The predicted molar refractivity (Wildman–Crippen MR) is 76.9 cm³/mol. The number of halogens is 4. The zero-order chi connectivity index (χ0) is 15.5. The minimum atomic E-state index is -4.46. The fourth-order valence-electron chi connectivity index (χ4n) is 1.65. The normalized spacial score (nSPS) is 10.5. The summed E-state index contributed by atoms with van der Waals surface area (Å²) >= 11 is 0. The topological polar surface area (TPSA) is 46.2 Å². The highest BCUT2D eigenvalue weighted by Gasteiger charge is 2.30. The van der Waals surface area contributed by atoms with E-state index in [-0.39, 0.29) is 23.5 Å². The Hall–Kier alpha value is -2.34. The summed E-state index contributed by atoms with van der Waals surface area (Å²) < 4.78 is 37.2. The molecule has 0 fully saturated rings. The van der Waals surface area contributed by atoms with Gasteiger partial charge in [0.2, 0.25) is 0 Å². The summed E-state index contributed by atoms with van der Waals surface area (Å²) in [5.41, 5.74) is -0.585. The van der Waals surface area contributed by atoms with E-state index in [1.807, 2.05) is 0 Å². The zero-order valence-electron chi connectivity index (χ0n) is 11.1. The molecule has 116 valence electrons. The first-order valence-electron chi connectivity index (χ1n) is 5.96. The third-order valence-electron chi connectivity index (χ3n) is 2.74. The first-order chi connectivity index (χ1) is 9.88. The van der Waals surface area contributed by atoms with E-state index in [0.717, 1.165) is 24.3 Å². The van der Waals surface area contributed by atoms with Gasteiger partial charge in [0.1, 0.15) is 0 Å². The van der Waals surface area contributed by atoms with Crippen LogP contribution in [0.3, 0.4) is 0 Å². The largest absolute Gasteiger partial charge is 0.416 e. The summed E-state index contributed by atoms with van der Waals surface area (Å²) in [4.78, 5) is 23.5. The molecule has 0 saturated carbocycles. The molecule has 2 amide bonds. The van der Waals surface area contributed by atoms with Crippen molar-refractivity contribution in [3.8, 4) is 0 Å². The molecule has 0 aliphatic heterocycles. The molecule has 0 aliphatic carbocycles. The minimum Gasteiger partial charge on any atom is -0.288 e. The number of benzene rings is 2. The Labute approximate surface area is 130 Å². The molecule has 2 aromatic carbocycles. The average Bonchev–Trinajstić information content (AvgIpc) is 2.47. The van der Waals surface area contributed by atoms with Crippen molar-refractivity contribution in [3.63, 3.8) is 0 Å². The number of rotatable bonds is 2. The Kier molecular flexibility index (Phi) is 5.70. The van der Waals surface area contributed by atoms with Gasteiger partial charge >= 0.3 is 6.18 Å². The van der Waals surface area contributed by atoms with Crippen LogP contribution in [-0.4, -0.2) is 11.8 Å². The van der Waals surface area contributed by atoms with E-state index in [1.54, 1.807) is 18.2 Å². The first-order valence-corrected chi connectivity index (χ1v) is 5.96. The highest BCUT2D eigenvalue weighted by Crippen LogP contribution is 2.29. The van der Waals surface area contributed by atoms with Crippen LogP contribution in [0.1, 0.15) is 26.3 Å². The molecular formula is C15H11ClF3NO2. The maximum Gasteiger partial charge on any atom is 0.416 e. The molecule has 1 N–H and O–H groups in total. The van der Waals surface area contributed by atoms with E-state index in [0.29, 0.717) is 0 Å². The van der Waals surface area contributed by atoms with Crippen LogP contribution < -0.4 is 5.32 Å². The Morgan fingerprint density at radius 1 is 0.773 bits per heavy atom.